The third kappa shape index (κ3) is 5.33. The predicted molar refractivity (Wildman–Crippen MR) is 144 cm³/mol. The molecule has 0 fully saturated rings. The van der Waals surface area contributed by atoms with Gasteiger partial charge in [0.15, 0.2) is 0 Å². The van der Waals surface area contributed by atoms with Gasteiger partial charge in [-0.3, -0.25) is 0 Å². The van der Waals surface area contributed by atoms with Crippen molar-refractivity contribution in [2.24, 2.45) is 0 Å². The Bertz CT molecular complexity index is 1440. The van der Waals surface area contributed by atoms with Crippen LogP contribution in [0.3, 0.4) is 0 Å². The number of ether oxygens (including phenoxy) is 2. The van der Waals surface area contributed by atoms with Crippen LogP contribution in [-0.4, -0.2) is 40.7 Å². The van der Waals surface area contributed by atoms with Crippen LogP contribution in [0, 0.1) is 0 Å². The highest BCUT2D eigenvalue weighted by Gasteiger charge is 2.15. The van der Waals surface area contributed by atoms with E-state index in [0.29, 0.717) is 11.9 Å². The molecule has 8 heteroatoms. The van der Waals surface area contributed by atoms with Crippen LogP contribution >= 0.6 is 0 Å². The van der Waals surface area contributed by atoms with E-state index in [9.17, 15) is 0 Å². The average molecular weight is 496 g/mol. The molecule has 2 heterocycles. The van der Waals surface area contributed by atoms with E-state index in [4.69, 9.17) is 19.0 Å². The maximum Gasteiger partial charge on any atom is 0.315 e. The van der Waals surface area contributed by atoms with E-state index < -0.39 is 0 Å². The molecule has 0 aliphatic rings. The maximum atomic E-state index is 5.78. The largest absolute Gasteiger partial charge is 0.497 e. The molecule has 0 aliphatic carbocycles. The minimum atomic E-state index is 0.436. The Morgan fingerprint density at radius 1 is 0.784 bits per heavy atom. The fourth-order valence-electron chi connectivity index (χ4n) is 3.98. The van der Waals surface area contributed by atoms with E-state index in [-0.39, 0.29) is 0 Å². The predicted octanol–water partition coefficient (Wildman–Crippen LogP) is 6.49. The van der Waals surface area contributed by atoms with Gasteiger partial charge in [-0.2, -0.15) is 5.10 Å². The van der Waals surface area contributed by atoms with Crippen LogP contribution in [0.4, 0.5) is 6.01 Å². The smallest absolute Gasteiger partial charge is 0.315 e. The molecule has 5 aromatic rings. The van der Waals surface area contributed by atoms with Crippen molar-refractivity contribution < 1.29 is 13.9 Å². The number of methoxy groups -OCH3 is 2. The number of benzene rings is 3. The first kappa shape index (κ1) is 24.1. The van der Waals surface area contributed by atoms with Crippen LogP contribution in [-0.2, 0) is 0 Å². The van der Waals surface area contributed by atoms with E-state index in [1.165, 1.54) is 0 Å². The number of hydrogen-bond acceptors (Lipinski definition) is 7. The SMILES string of the molecule is CCCCNc1nnc(-c2ccc(-n3nc(-c4ccc(OC)cc4)cc3-c3ccc(OC)cc3)cc2)o1. The van der Waals surface area contributed by atoms with Crippen LogP contribution in [0.25, 0.3) is 39.7 Å². The normalized spacial score (nSPS) is 10.9. The number of unbranched alkanes of at least 4 members (excludes halogenated alkanes) is 1. The summed E-state index contributed by atoms with van der Waals surface area (Å²) in [5.74, 6) is 2.08. The quantitative estimate of drug-likeness (QED) is 0.222. The molecule has 0 atom stereocenters. The second kappa shape index (κ2) is 11.0. The molecule has 37 heavy (non-hydrogen) atoms. The summed E-state index contributed by atoms with van der Waals surface area (Å²) >= 11 is 0. The highest BCUT2D eigenvalue weighted by molar-refractivity contribution is 5.71. The van der Waals surface area contributed by atoms with Gasteiger partial charge in [-0.25, -0.2) is 4.68 Å². The van der Waals surface area contributed by atoms with E-state index >= 15 is 0 Å². The topological polar surface area (TPSA) is 87.2 Å². The zero-order valence-electron chi connectivity index (χ0n) is 21.1. The lowest BCUT2D eigenvalue weighted by Gasteiger charge is -2.09. The number of hydrogen-bond donors (Lipinski definition) is 1. The molecule has 3 aromatic carbocycles. The summed E-state index contributed by atoms with van der Waals surface area (Å²) in [5, 5.41) is 16.4. The van der Waals surface area contributed by atoms with Crippen molar-refractivity contribution in [2.75, 3.05) is 26.1 Å². The van der Waals surface area contributed by atoms with Gasteiger partial charge in [-0.05, 0) is 85.3 Å². The summed E-state index contributed by atoms with van der Waals surface area (Å²) in [4.78, 5) is 0. The lowest BCUT2D eigenvalue weighted by Crippen LogP contribution is -2.00. The van der Waals surface area contributed by atoms with E-state index in [2.05, 4.69) is 28.5 Å². The van der Waals surface area contributed by atoms with Crippen LogP contribution in [0.15, 0.2) is 83.3 Å². The Morgan fingerprint density at radius 2 is 1.41 bits per heavy atom. The zero-order valence-corrected chi connectivity index (χ0v) is 21.1. The van der Waals surface area contributed by atoms with E-state index in [1.54, 1.807) is 14.2 Å². The molecule has 8 nitrogen and oxygen atoms in total. The van der Waals surface area contributed by atoms with Crippen LogP contribution in [0.5, 0.6) is 11.5 Å². The molecule has 0 saturated carbocycles. The molecule has 0 radical (unpaired) electrons. The monoisotopic (exact) mass is 495 g/mol. The van der Waals surface area contributed by atoms with Gasteiger partial charge in [0, 0.05) is 23.2 Å². The Morgan fingerprint density at radius 3 is 2.03 bits per heavy atom. The number of nitrogens with one attached hydrogen (secondary N) is 1. The van der Waals surface area contributed by atoms with Crippen molar-refractivity contribution >= 4 is 6.01 Å². The summed E-state index contributed by atoms with van der Waals surface area (Å²) in [6, 6.07) is 26.3. The Balaban J connectivity index is 1.48. The molecule has 2 aromatic heterocycles. The van der Waals surface area contributed by atoms with E-state index in [0.717, 1.165) is 64.7 Å². The Kier molecular flexibility index (Phi) is 7.16. The van der Waals surface area contributed by atoms with Gasteiger partial charge in [0.25, 0.3) is 0 Å². The van der Waals surface area contributed by atoms with Crippen molar-refractivity contribution in [1.29, 1.82) is 0 Å². The maximum absolute atomic E-state index is 5.78. The molecule has 5 rings (SSSR count). The summed E-state index contributed by atoms with van der Waals surface area (Å²) in [7, 11) is 3.32. The van der Waals surface area contributed by atoms with Crippen LogP contribution in [0.1, 0.15) is 19.8 Å². The first-order valence-electron chi connectivity index (χ1n) is 12.3. The van der Waals surface area contributed by atoms with Gasteiger partial charge in [0.1, 0.15) is 11.5 Å². The van der Waals surface area contributed by atoms with Crippen molar-refractivity contribution in [3.8, 4) is 51.2 Å². The van der Waals surface area contributed by atoms with Crippen molar-refractivity contribution in [1.82, 2.24) is 20.0 Å². The zero-order chi connectivity index (χ0) is 25.6. The molecular formula is C29H29N5O3. The summed E-state index contributed by atoms with van der Waals surface area (Å²) < 4.78 is 18.4. The molecule has 0 spiro atoms. The second-order valence-corrected chi connectivity index (χ2v) is 8.52. The van der Waals surface area contributed by atoms with Gasteiger partial charge >= 0.3 is 6.01 Å². The number of rotatable bonds is 10. The number of anilines is 1. The molecule has 1 N–H and O–H groups in total. The molecule has 0 saturated heterocycles. The van der Waals surface area contributed by atoms with Crippen molar-refractivity contribution in [3.63, 3.8) is 0 Å². The Hall–Kier alpha value is -4.59. The van der Waals surface area contributed by atoms with Gasteiger partial charge in [-0.15, -0.1) is 5.10 Å². The summed E-state index contributed by atoms with van der Waals surface area (Å²) in [6.45, 7) is 2.95. The van der Waals surface area contributed by atoms with Gasteiger partial charge < -0.3 is 19.2 Å². The standard InChI is InChI=1S/C29H29N5O3/c1-4-5-18-30-29-32-31-28(37-29)22-6-12-23(13-7-22)34-27(21-10-16-25(36-3)17-11-21)19-26(33-34)20-8-14-24(35-2)15-9-20/h6-17,19H,4-5,18H2,1-3H3,(H,30,32). The first-order valence-corrected chi connectivity index (χ1v) is 12.3. The number of nitrogens with zero attached hydrogens (tertiary/aromatic N) is 4. The molecule has 0 amide bonds. The van der Waals surface area contributed by atoms with Gasteiger partial charge in [-0.1, -0.05) is 18.4 Å². The second-order valence-electron chi connectivity index (χ2n) is 8.52. The molecular weight excluding hydrogens is 466 g/mol. The van der Waals surface area contributed by atoms with Crippen LogP contribution < -0.4 is 14.8 Å². The van der Waals surface area contributed by atoms with Crippen molar-refractivity contribution in [3.05, 3.63) is 78.9 Å². The first-order chi connectivity index (χ1) is 18.2. The van der Waals surface area contributed by atoms with Gasteiger partial charge in [0.05, 0.1) is 31.3 Å². The highest BCUT2D eigenvalue weighted by atomic mass is 16.5. The highest BCUT2D eigenvalue weighted by Crippen LogP contribution is 2.31. The third-order valence-electron chi connectivity index (χ3n) is 6.07. The lowest BCUT2D eigenvalue weighted by molar-refractivity contribution is 0.414. The van der Waals surface area contributed by atoms with Crippen molar-refractivity contribution in [2.45, 2.75) is 19.8 Å². The fraction of sp³-hybridized carbons (Fsp3) is 0.207. The Labute approximate surface area is 215 Å². The minimum Gasteiger partial charge on any atom is -0.497 e. The minimum absolute atomic E-state index is 0.436. The average Bonchev–Trinajstić information content (AvgIpc) is 3.62. The lowest BCUT2D eigenvalue weighted by atomic mass is 10.1. The number of aromatic nitrogens is 4. The molecule has 0 bridgehead atoms. The summed E-state index contributed by atoms with van der Waals surface area (Å²) in [6.07, 6.45) is 2.15. The molecule has 188 valence electrons. The molecule has 0 aliphatic heterocycles. The molecule has 0 unspecified atom stereocenters. The summed E-state index contributed by atoms with van der Waals surface area (Å²) in [5.41, 5.74) is 5.60. The van der Waals surface area contributed by atoms with Crippen LogP contribution in [0.2, 0.25) is 0 Å². The van der Waals surface area contributed by atoms with E-state index in [1.807, 2.05) is 77.5 Å². The fourth-order valence-corrected chi connectivity index (χ4v) is 3.98. The third-order valence-corrected chi connectivity index (χ3v) is 6.07. The van der Waals surface area contributed by atoms with Gasteiger partial charge in [0.2, 0.25) is 5.89 Å².